The first-order chi connectivity index (χ1) is 12.0. The van der Waals surface area contributed by atoms with Crippen molar-refractivity contribution in [1.82, 2.24) is 19.7 Å². The van der Waals surface area contributed by atoms with Gasteiger partial charge in [0.1, 0.15) is 6.33 Å². The predicted molar refractivity (Wildman–Crippen MR) is 101 cm³/mol. The second kappa shape index (κ2) is 7.60. The van der Waals surface area contributed by atoms with E-state index in [2.05, 4.69) is 56.1 Å². The average Bonchev–Trinajstić information content (AvgIpc) is 3.01. The number of nitrogens with zero attached hydrogens (tertiary/aromatic N) is 4. The van der Waals surface area contributed by atoms with Crippen molar-refractivity contribution in [2.24, 2.45) is 0 Å². The maximum absolute atomic E-state index is 12.7. The molecular weight excluding hydrogens is 332 g/mol. The summed E-state index contributed by atoms with van der Waals surface area (Å²) in [6, 6.07) is 6.96. The number of benzene rings is 1. The van der Waals surface area contributed by atoms with Crippen LogP contribution in [-0.4, -0.2) is 43.4 Å². The highest BCUT2D eigenvalue weighted by atomic mass is 32.2. The van der Waals surface area contributed by atoms with Crippen LogP contribution in [0.1, 0.15) is 44.2 Å². The molecule has 1 aromatic heterocycles. The van der Waals surface area contributed by atoms with Crippen LogP contribution in [-0.2, 0) is 4.79 Å². The van der Waals surface area contributed by atoms with Crippen LogP contribution in [0.2, 0.25) is 0 Å². The molecule has 3 rings (SSSR count). The van der Waals surface area contributed by atoms with Crippen LogP contribution in [0.15, 0.2) is 29.7 Å². The van der Waals surface area contributed by atoms with Crippen LogP contribution in [0.3, 0.4) is 0 Å². The molecule has 1 aliphatic heterocycles. The molecule has 134 valence electrons. The van der Waals surface area contributed by atoms with Gasteiger partial charge in [0.05, 0.1) is 11.4 Å². The number of carbonyl (C=O) groups is 1. The molecule has 2 aromatic rings. The van der Waals surface area contributed by atoms with E-state index >= 15 is 0 Å². The predicted octanol–water partition coefficient (Wildman–Crippen LogP) is 3.77. The van der Waals surface area contributed by atoms with Gasteiger partial charge in [0.25, 0.3) is 0 Å². The number of rotatable bonds is 4. The molecule has 5 nitrogen and oxygen atoms in total. The molecule has 0 saturated carbocycles. The highest BCUT2D eigenvalue weighted by Gasteiger charge is 2.29. The minimum atomic E-state index is 0.194. The fraction of sp³-hybridized carbons (Fsp3) is 0.526. The molecule has 1 aliphatic rings. The molecule has 1 amide bonds. The molecule has 25 heavy (non-hydrogen) atoms. The highest BCUT2D eigenvalue weighted by Crippen LogP contribution is 2.26. The van der Waals surface area contributed by atoms with E-state index in [-0.39, 0.29) is 5.91 Å². The van der Waals surface area contributed by atoms with E-state index < -0.39 is 0 Å². The first-order valence-electron chi connectivity index (χ1n) is 8.89. The fourth-order valence-electron chi connectivity index (χ4n) is 3.68. The van der Waals surface area contributed by atoms with Gasteiger partial charge in [-0.1, -0.05) is 29.5 Å². The SMILES string of the molecule is Cc1ccc(-n2cnnc2SCC(=O)N2[C@H](C)CCC[C@@H]2C)c(C)c1. The van der Waals surface area contributed by atoms with Crippen molar-refractivity contribution in [2.75, 3.05) is 5.75 Å². The lowest BCUT2D eigenvalue weighted by Crippen LogP contribution is -2.48. The normalized spacial score (nSPS) is 20.7. The van der Waals surface area contributed by atoms with Gasteiger partial charge in [-0.05, 0) is 58.6 Å². The zero-order valence-electron chi connectivity index (χ0n) is 15.4. The van der Waals surface area contributed by atoms with Crippen molar-refractivity contribution in [1.29, 1.82) is 0 Å². The van der Waals surface area contributed by atoms with Crippen molar-refractivity contribution in [3.63, 3.8) is 0 Å². The molecule has 2 atom stereocenters. The lowest BCUT2D eigenvalue weighted by molar-refractivity contribution is -0.134. The summed E-state index contributed by atoms with van der Waals surface area (Å²) in [4.78, 5) is 14.8. The molecule has 0 unspecified atom stereocenters. The third-order valence-corrected chi connectivity index (χ3v) is 5.86. The summed E-state index contributed by atoms with van der Waals surface area (Å²) in [5.74, 6) is 0.595. The molecular formula is C19H26N4OS. The summed E-state index contributed by atoms with van der Waals surface area (Å²) in [6.07, 6.45) is 5.12. The van der Waals surface area contributed by atoms with E-state index in [1.807, 2.05) is 9.47 Å². The molecule has 2 heterocycles. The smallest absolute Gasteiger partial charge is 0.233 e. The summed E-state index contributed by atoms with van der Waals surface area (Å²) < 4.78 is 1.97. The number of piperidine rings is 1. The molecule has 0 radical (unpaired) electrons. The van der Waals surface area contributed by atoms with Gasteiger partial charge in [0, 0.05) is 12.1 Å². The number of amides is 1. The number of carbonyl (C=O) groups excluding carboxylic acids is 1. The van der Waals surface area contributed by atoms with Crippen molar-refractivity contribution in [3.05, 3.63) is 35.7 Å². The van der Waals surface area contributed by atoms with Crippen molar-refractivity contribution >= 4 is 17.7 Å². The summed E-state index contributed by atoms with van der Waals surface area (Å²) in [5, 5.41) is 9.03. The Labute approximate surface area is 153 Å². The minimum absolute atomic E-state index is 0.194. The van der Waals surface area contributed by atoms with E-state index in [1.165, 1.54) is 29.3 Å². The molecule has 0 spiro atoms. The van der Waals surface area contributed by atoms with E-state index in [0.717, 1.165) is 23.7 Å². The number of hydrogen-bond acceptors (Lipinski definition) is 4. The Bertz CT molecular complexity index is 748. The van der Waals surface area contributed by atoms with Crippen molar-refractivity contribution < 1.29 is 4.79 Å². The van der Waals surface area contributed by atoms with Crippen LogP contribution < -0.4 is 0 Å². The third kappa shape index (κ3) is 3.89. The average molecular weight is 359 g/mol. The highest BCUT2D eigenvalue weighted by molar-refractivity contribution is 7.99. The van der Waals surface area contributed by atoms with Gasteiger partial charge in [-0.25, -0.2) is 0 Å². The summed E-state index contributed by atoms with van der Waals surface area (Å²) in [7, 11) is 0. The molecule has 0 aliphatic carbocycles. The molecule has 0 bridgehead atoms. The van der Waals surface area contributed by atoms with Crippen LogP contribution in [0.25, 0.3) is 5.69 Å². The third-order valence-electron chi connectivity index (χ3n) is 4.93. The zero-order chi connectivity index (χ0) is 18.0. The molecule has 0 N–H and O–H groups in total. The Hall–Kier alpha value is -1.82. The number of thioether (sulfide) groups is 1. The molecule has 6 heteroatoms. The van der Waals surface area contributed by atoms with E-state index in [4.69, 9.17) is 0 Å². The minimum Gasteiger partial charge on any atom is -0.337 e. The second-order valence-corrected chi connectivity index (χ2v) is 7.93. The zero-order valence-corrected chi connectivity index (χ0v) is 16.2. The number of aryl methyl sites for hydroxylation is 2. The Morgan fingerprint density at radius 2 is 1.96 bits per heavy atom. The standard InChI is InChI=1S/C19H26N4OS/c1-13-8-9-17(14(2)10-13)22-12-20-21-19(22)25-11-18(24)23-15(3)6-5-7-16(23)4/h8-10,12,15-16H,5-7,11H2,1-4H3/t15-,16+. The first kappa shape index (κ1) is 18.0. The first-order valence-corrected chi connectivity index (χ1v) is 9.87. The van der Waals surface area contributed by atoms with E-state index in [1.54, 1.807) is 6.33 Å². The maximum atomic E-state index is 12.7. The van der Waals surface area contributed by atoms with Crippen molar-refractivity contribution in [2.45, 2.75) is 64.2 Å². The topological polar surface area (TPSA) is 51.0 Å². The summed E-state index contributed by atoms with van der Waals surface area (Å²) in [5.41, 5.74) is 3.46. The van der Waals surface area contributed by atoms with Gasteiger partial charge in [-0.2, -0.15) is 0 Å². The summed E-state index contributed by atoms with van der Waals surface area (Å²) in [6.45, 7) is 8.46. The lowest BCUT2D eigenvalue weighted by Gasteiger charge is -2.39. The van der Waals surface area contributed by atoms with Gasteiger partial charge in [-0.15, -0.1) is 10.2 Å². The van der Waals surface area contributed by atoms with Crippen LogP contribution in [0.4, 0.5) is 0 Å². The van der Waals surface area contributed by atoms with E-state index in [9.17, 15) is 4.79 Å². The fourth-order valence-corrected chi connectivity index (χ4v) is 4.47. The van der Waals surface area contributed by atoms with Crippen molar-refractivity contribution in [3.8, 4) is 5.69 Å². The Morgan fingerprint density at radius 3 is 2.64 bits per heavy atom. The van der Waals surface area contributed by atoms with Crippen LogP contribution in [0.5, 0.6) is 0 Å². The Kier molecular flexibility index (Phi) is 5.47. The molecule has 1 fully saturated rings. The molecule has 1 saturated heterocycles. The number of likely N-dealkylation sites (tertiary alicyclic amines) is 1. The second-order valence-electron chi connectivity index (χ2n) is 6.99. The van der Waals surface area contributed by atoms with Crippen LogP contribution in [0, 0.1) is 13.8 Å². The Balaban J connectivity index is 1.72. The largest absolute Gasteiger partial charge is 0.337 e. The molecule has 1 aromatic carbocycles. The maximum Gasteiger partial charge on any atom is 0.233 e. The lowest BCUT2D eigenvalue weighted by atomic mass is 9.98. The monoisotopic (exact) mass is 358 g/mol. The Morgan fingerprint density at radius 1 is 1.24 bits per heavy atom. The number of hydrogen-bond donors (Lipinski definition) is 0. The summed E-state index contributed by atoms with van der Waals surface area (Å²) >= 11 is 1.47. The van der Waals surface area contributed by atoms with Gasteiger partial charge in [-0.3, -0.25) is 9.36 Å². The van der Waals surface area contributed by atoms with E-state index in [0.29, 0.717) is 17.8 Å². The van der Waals surface area contributed by atoms with Gasteiger partial charge < -0.3 is 4.90 Å². The van der Waals surface area contributed by atoms with Crippen LogP contribution >= 0.6 is 11.8 Å². The van der Waals surface area contributed by atoms with Gasteiger partial charge >= 0.3 is 0 Å². The van der Waals surface area contributed by atoms with Gasteiger partial charge in [0.15, 0.2) is 5.16 Å². The quantitative estimate of drug-likeness (QED) is 0.781. The number of aromatic nitrogens is 3. The van der Waals surface area contributed by atoms with Gasteiger partial charge in [0.2, 0.25) is 5.91 Å².